The first-order chi connectivity index (χ1) is 8.73. The van der Waals surface area contributed by atoms with Crippen molar-refractivity contribution < 1.29 is 9.53 Å². The molecule has 0 saturated carbocycles. The number of carbonyl (C=O) groups is 1. The topological polar surface area (TPSA) is 55.6 Å². The summed E-state index contributed by atoms with van der Waals surface area (Å²) in [6.07, 6.45) is 0.984. The average Bonchev–Trinajstić information content (AvgIpc) is 2.19. The van der Waals surface area contributed by atoms with Gasteiger partial charge in [0.1, 0.15) is 5.54 Å². The highest BCUT2D eigenvalue weighted by molar-refractivity contribution is 5.79. The van der Waals surface area contributed by atoms with Gasteiger partial charge >= 0.3 is 5.97 Å². The number of rotatable bonds is 7. The average molecular weight is 286 g/mol. The lowest BCUT2D eigenvalue weighted by molar-refractivity contribution is -0.152. The first-order valence-corrected chi connectivity index (χ1v) is 7.38. The largest absolute Gasteiger partial charge is 0.464 e. The van der Waals surface area contributed by atoms with Gasteiger partial charge in [-0.15, -0.1) is 0 Å². The Labute approximate surface area is 125 Å². The van der Waals surface area contributed by atoms with E-state index in [0.29, 0.717) is 12.0 Å². The van der Waals surface area contributed by atoms with Gasteiger partial charge in [-0.25, -0.2) is 0 Å². The van der Waals surface area contributed by atoms with Crippen LogP contribution in [0.4, 0.5) is 0 Å². The van der Waals surface area contributed by atoms with E-state index in [1.54, 1.807) is 13.8 Å². The summed E-state index contributed by atoms with van der Waals surface area (Å²) in [5.74, 6) is -0.339. The molecule has 4 nitrogen and oxygen atoms in total. The zero-order valence-electron chi connectivity index (χ0n) is 14.7. The molecule has 0 radical (unpaired) electrons. The molecule has 0 heterocycles. The third-order valence-electron chi connectivity index (χ3n) is 3.03. The molecule has 0 aliphatic rings. The van der Waals surface area contributed by atoms with Gasteiger partial charge in [-0.3, -0.25) is 4.79 Å². The molecule has 0 aromatic heterocycles. The molecule has 0 spiro atoms. The van der Waals surface area contributed by atoms with Crippen LogP contribution in [-0.2, 0) is 9.53 Å². The molecule has 0 fully saturated rings. The van der Waals surface area contributed by atoms with E-state index in [-0.39, 0.29) is 11.4 Å². The van der Waals surface area contributed by atoms with Crippen molar-refractivity contribution in [2.45, 2.75) is 60.4 Å². The Morgan fingerprint density at radius 2 is 1.60 bits per heavy atom. The highest BCUT2D eigenvalue weighted by Gasteiger charge is 2.27. The zero-order chi connectivity index (χ0) is 16.2. The van der Waals surface area contributed by atoms with Gasteiger partial charge in [-0.2, -0.15) is 0 Å². The number of esters is 1. The monoisotopic (exact) mass is 286 g/mol. The Morgan fingerprint density at radius 1 is 1.10 bits per heavy atom. The first kappa shape index (κ1) is 19.4. The second kappa shape index (κ2) is 6.90. The van der Waals surface area contributed by atoms with E-state index in [1.807, 2.05) is 0 Å². The summed E-state index contributed by atoms with van der Waals surface area (Å²) in [4.78, 5) is 14.0. The fourth-order valence-electron chi connectivity index (χ4n) is 1.90. The summed E-state index contributed by atoms with van der Waals surface area (Å²) in [6, 6.07) is 0. The minimum absolute atomic E-state index is 0.0347. The van der Waals surface area contributed by atoms with Crippen LogP contribution in [0.5, 0.6) is 0 Å². The van der Waals surface area contributed by atoms with Crippen molar-refractivity contribution in [1.82, 2.24) is 4.90 Å². The third kappa shape index (κ3) is 9.32. The predicted octanol–water partition coefficient (Wildman–Crippen LogP) is 2.66. The number of nitrogens with zero attached hydrogens (tertiary/aromatic N) is 1. The Hall–Kier alpha value is -0.610. The van der Waals surface area contributed by atoms with Crippen molar-refractivity contribution in [2.75, 3.05) is 26.7 Å². The van der Waals surface area contributed by atoms with Crippen LogP contribution in [0.3, 0.4) is 0 Å². The lowest BCUT2D eigenvalue weighted by Gasteiger charge is -2.31. The van der Waals surface area contributed by atoms with Gasteiger partial charge in [0.15, 0.2) is 0 Å². The van der Waals surface area contributed by atoms with Crippen molar-refractivity contribution in [3.05, 3.63) is 0 Å². The first-order valence-electron chi connectivity index (χ1n) is 7.38. The molecule has 0 aromatic rings. The molecule has 0 saturated heterocycles. The summed E-state index contributed by atoms with van der Waals surface area (Å²) < 4.78 is 5.32. The zero-order valence-corrected chi connectivity index (χ0v) is 14.7. The molecule has 0 unspecified atom stereocenters. The molecule has 0 rings (SSSR count). The van der Waals surface area contributed by atoms with E-state index in [4.69, 9.17) is 10.5 Å². The van der Waals surface area contributed by atoms with Crippen LogP contribution in [0.2, 0.25) is 0 Å². The van der Waals surface area contributed by atoms with E-state index >= 15 is 0 Å². The molecule has 4 heteroatoms. The second-order valence-electron chi connectivity index (χ2n) is 8.51. The van der Waals surface area contributed by atoms with Crippen LogP contribution in [0.25, 0.3) is 0 Å². The molecular weight excluding hydrogens is 252 g/mol. The molecule has 120 valence electrons. The molecule has 0 amide bonds. The SMILES string of the molecule is CN(CCC(C)(C)COC(=O)C(C)(C)N)CC(C)(C)C. The molecule has 0 bridgehead atoms. The highest BCUT2D eigenvalue weighted by atomic mass is 16.5. The maximum atomic E-state index is 11.7. The summed E-state index contributed by atoms with van der Waals surface area (Å²) in [5, 5.41) is 0. The Morgan fingerprint density at radius 3 is 2.00 bits per heavy atom. The normalized spacial score (nSPS) is 13.7. The van der Waals surface area contributed by atoms with Crippen molar-refractivity contribution in [3.63, 3.8) is 0 Å². The number of ether oxygens (including phenoxy) is 1. The quantitative estimate of drug-likeness (QED) is 0.731. The Balaban J connectivity index is 4.17. The lowest BCUT2D eigenvalue weighted by Crippen LogP contribution is -2.44. The molecule has 0 aromatic carbocycles. The molecular formula is C16H34N2O2. The molecule has 20 heavy (non-hydrogen) atoms. The molecule has 0 atom stereocenters. The van der Waals surface area contributed by atoms with Gasteiger partial charge in [0.25, 0.3) is 0 Å². The van der Waals surface area contributed by atoms with Crippen LogP contribution in [0.15, 0.2) is 0 Å². The van der Waals surface area contributed by atoms with Crippen LogP contribution < -0.4 is 5.73 Å². The summed E-state index contributed by atoms with van der Waals surface area (Å²) in [5.41, 5.74) is 5.07. The van der Waals surface area contributed by atoms with Crippen molar-refractivity contribution in [2.24, 2.45) is 16.6 Å². The van der Waals surface area contributed by atoms with Crippen molar-refractivity contribution in [1.29, 1.82) is 0 Å². The second-order valence-corrected chi connectivity index (χ2v) is 8.51. The smallest absolute Gasteiger partial charge is 0.325 e. The minimum atomic E-state index is -0.918. The fourth-order valence-corrected chi connectivity index (χ4v) is 1.90. The van der Waals surface area contributed by atoms with Crippen molar-refractivity contribution in [3.8, 4) is 0 Å². The molecule has 0 aliphatic carbocycles. The predicted molar refractivity (Wildman–Crippen MR) is 84.6 cm³/mol. The Kier molecular flexibility index (Phi) is 6.69. The van der Waals surface area contributed by atoms with Crippen LogP contribution in [0, 0.1) is 10.8 Å². The van der Waals surface area contributed by atoms with Gasteiger partial charge in [-0.1, -0.05) is 34.6 Å². The van der Waals surface area contributed by atoms with E-state index in [9.17, 15) is 4.79 Å². The fraction of sp³-hybridized carbons (Fsp3) is 0.938. The van der Waals surface area contributed by atoms with Gasteiger partial charge in [0, 0.05) is 12.0 Å². The van der Waals surface area contributed by atoms with Gasteiger partial charge < -0.3 is 15.4 Å². The van der Waals surface area contributed by atoms with Crippen LogP contribution in [-0.4, -0.2) is 43.2 Å². The lowest BCUT2D eigenvalue weighted by atomic mass is 9.89. The number of hydrogen-bond donors (Lipinski definition) is 1. The van der Waals surface area contributed by atoms with E-state index in [2.05, 4.69) is 46.6 Å². The molecule has 2 N–H and O–H groups in total. The van der Waals surface area contributed by atoms with Crippen LogP contribution in [0.1, 0.15) is 54.9 Å². The highest BCUT2D eigenvalue weighted by Crippen LogP contribution is 2.23. The molecule has 0 aliphatic heterocycles. The van der Waals surface area contributed by atoms with Gasteiger partial charge in [-0.05, 0) is 39.3 Å². The number of nitrogens with two attached hydrogens (primary N) is 1. The number of hydrogen-bond acceptors (Lipinski definition) is 4. The van der Waals surface area contributed by atoms with E-state index in [1.165, 1.54) is 0 Å². The standard InChI is InChI=1S/C16H34N2O2/c1-14(2,3)11-18(8)10-9-15(4,5)12-20-13(19)16(6,7)17/h9-12,17H2,1-8H3. The summed E-state index contributed by atoms with van der Waals surface area (Å²) in [6.45, 7) is 16.7. The summed E-state index contributed by atoms with van der Waals surface area (Å²) in [7, 11) is 2.14. The van der Waals surface area contributed by atoms with Gasteiger partial charge in [0.05, 0.1) is 6.61 Å². The maximum Gasteiger partial charge on any atom is 0.325 e. The third-order valence-corrected chi connectivity index (χ3v) is 3.03. The minimum Gasteiger partial charge on any atom is -0.464 e. The van der Waals surface area contributed by atoms with Gasteiger partial charge in [0.2, 0.25) is 0 Å². The van der Waals surface area contributed by atoms with Crippen molar-refractivity contribution >= 4 is 5.97 Å². The summed E-state index contributed by atoms with van der Waals surface area (Å²) >= 11 is 0. The van der Waals surface area contributed by atoms with E-state index < -0.39 is 5.54 Å². The van der Waals surface area contributed by atoms with Crippen LogP contribution >= 0.6 is 0 Å². The maximum absolute atomic E-state index is 11.7. The number of carbonyl (C=O) groups excluding carboxylic acids is 1. The Bertz CT molecular complexity index is 311. The van der Waals surface area contributed by atoms with E-state index in [0.717, 1.165) is 19.5 Å².